The van der Waals surface area contributed by atoms with E-state index in [2.05, 4.69) is 50.6 Å². The molecule has 35 heavy (non-hydrogen) atoms. The molecule has 0 bridgehead atoms. The van der Waals surface area contributed by atoms with Gasteiger partial charge in [0.05, 0.1) is 24.7 Å². The number of carbonyl (C=O) groups excluding carboxylic acids is 2. The van der Waals surface area contributed by atoms with E-state index in [9.17, 15) is 9.59 Å². The van der Waals surface area contributed by atoms with Crippen LogP contribution in [0.5, 0.6) is 0 Å². The molecule has 2 aliphatic heterocycles. The van der Waals surface area contributed by atoms with Gasteiger partial charge in [-0.15, -0.1) is 0 Å². The summed E-state index contributed by atoms with van der Waals surface area (Å²) in [5.74, 6) is 1.27. The first-order valence-corrected chi connectivity index (χ1v) is 11.9. The Balaban J connectivity index is 1.39. The van der Waals surface area contributed by atoms with E-state index in [0.717, 1.165) is 18.8 Å². The number of carbonyl (C=O) groups is 2. The molecule has 2 fully saturated rings. The summed E-state index contributed by atoms with van der Waals surface area (Å²) in [6.45, 7) is 14.9. The zero-order valence-electron chi connectivity index (χ0n) is 21.0. The summed E-state index contributed by atoms with van der Waals surface area (Å²) < 4.78 is 2.04. The van der Waals surface area contributed by atoms with Crippen molar-refractivity contribution < 1.29 is 9.59 Å². The quantitative estimate of drug-likeness (QED) is 0.590. The van der Waals surface area contributed by atoms with Crippen LogP contribution in [-0.2, 0) is 11.5 Å². The summed E-state index contributed by atoms with van der Waals surface area (Å²) >= 11 is 0. The van der Waals surface area contributed by atoms with Gasteiger partial charge in [0.15, 0.2) is 0 Å². The van der Waals surface area contributed by atoms with Crippen molar-refractivity contribution >= 4 is 23.8 Å². The first-order chi connectivity index (χ1) is 16.7. The Labute approximate surface area is 205 Å². The third-order valence-corrected chi connectivity index (χ3v) is 6.42. The lowest BCUT2D eigenvalue weighted by atomic mass is 10.1. The smallest absolute Gasteiger partial charge is 0.326 e. The topological polar surface area (TPSA) is 116 Å². The second kappa shape index (κ2) is 9.98. The molecule has 0 spiro atoms. The molecule has 0 radical (unpaired) electrons. The maximum absolute atomic E-state index is 12.3. The van der Waals surface area contributed by atoms with Gasteiger partial charge in [-0.3, -0.25) is 14.6 Å². The van der Waals surface area contributed by atoms with Gasteiger partial charge < -0.3 is 19.7 Å². The number of nitrogens with zero attached hydrogens (tertiary/aromatic N) is 9. The second-order valence-electron chi connectivity index (χ2n) is 9.37. The SMILES string of the molecule is C=CC(=O)N1C(C)CN(Cn2cnc([C@H](C)Nc3nc(C)nc(N4CCN(C)C4=O)n3)c2)CC1C. The van der Waals surface area contributed by atoms with Gasteiger partial charge in [0, 0.05) is 51.5 Å². The number of imidazole rings is 1. The summed E-state index contributed by atoms with van der Waals surface area (Å²) in [5, 5.41) is 3.29. The maximum Gasteiger partial charge on any atom is 0.326 e. The van der Waals surface area contributed by atoms with Crippen LogP contribution in [0, 0.1) is 6.92 Å². The third-order valence-electron chi connectivity index (χ3n) is 6.42. The van der Waals surface area contributed by atoms with E-state index in [0.29, 0.717) is 37.5 Å². The number of hydrogen-bond acceptors (Lipinski definition) is 8. The van der Waals surface area contributed by atoms with Crippen molar-refractivity contribution in [2.24, 2.45) is 0 Å². The van der Waals surface area contributed by atoms with Gasteiger partial charge in [0.1, 0.15) is 5.82 Å². The Kier molecular flexibility index (Phi) is 7.01. The van der Waals surface area contributed by atoms with Crippen molar-refractivity contribution in [1.82, 2.24) is 39.2 Å². The average molecular weight is 483 g/mol. The molecule has 188 valence electrons. The summed E-state index contributed by atoms with van der Waals surface area (Å²) in [6, 6.07) is -0.0535. The largest absolute Gasteiger partial charge is 0.346 e. The molecule has 2 saturated heterocycles. The van der Waals surface area contributed by atoms with Crippen molar-refractivity contribution in [3.63, 3.8) is 0 Å². The number of piperazine rings is 1. The summed E-state index contributed by atoms with van der Waals surface area (Å²) in [4.78, 5) is 49.7. The van der Waals surface area contributed by atoms with Crippen LogP contribution in [0.4, 0.5) is 16.7 Å². The molecular formula is C23H34N10O2. The number of likely N-dealkylation sites (N-methyl/N-ethyl adjacent to an activating group) is 1. The van der Waals surface area contributed by atoms with Crippen molar-refractivity contribution in [3.05, 3.63) is 36.7 Å². The molecule has 2 aromatic heterocycles. The first kappa shape index (κ1) is 24.6. The first-order valence-electron chi connectivity index (χ1n) is 11.9. The predicted molar refractivity (Wildman–Crippen MR) is 132 cm³/mol. The molecule has 0 aliphatic carbocycles. The standard InChI is InChI=1S/C23H34N10O2/c1-7-20(34)33-15(2)10-30(11-16(33)3)14-31-12-19(24-13-31)17(4)25-21-26-18(5)27-22(28-21)32-9-8-29(6)23(32)35/h7,12-13,15-17H,1,8-11,14H2,2-6H3,(H,25,26,27,28)/t15?,16?,17-/m0/s1. The molecule has 2 aromatic rings. The van der Waals surface area contributed by atoms with Gasteiger partial charge in [-0.1, -0.05) is 6.58 Å². The zero-order valence-corrected chi connectivity index (χ0v) is 21.0. The summed E-state index contributed by atoms with van der Waals surface area (Å²) in [5.41, 5.74) is 0.850. The van der Waals surface area contributed by atoms with Crippen molar-refractivity contribution in [3.8, 4) is 0 Å². The normalized spacial score (nSPS) is 22.0. The fraction of sp³-hybridized carbons (Fsp3) is 0.565. The number of urea groups is 1. The highest BCUT2D eigenvalue weighted by Gasteiger charge is 2.32. The van der Waals surface area contributed by atoms with Gasteiger partial charge in [-0.05, 0) is 33.8 Å². The van der Waals surface area contributed by atoms with Crippen LogP contribution in [0.25, 0.3) is 0 Å². The van der Waals surface area contributed by atoms with E-state index in [1.807, 2.05) is 28.9 Å². The number of amides is 3. The Morgan fingerprint density at radius 2 is 1.94 bits per heavy atom. The van der Waals surface area contributed by atoms with E-state index in [1.165, 1.54) is 6.08 Å². The number of anilines is 2. The summed E-state index contributed by atoms with van der Waals surface area (Å²) in [6.07, 6.45) is 5.20. The van der Waals surface area contributed by atoms with Gasteiger partial charge in [-0.25, -0.2) is 9.78 Å². The lowest BCUT2D eigenvalue weighted by molar-refractivity contribution is -0.134. The molecule has 0 saturated carbocycles. The Hall–Kier alpha value is -3.54. The van der Waals surface area contributed by atoms with Crippen molar-refractivity contribution in [1.29, 1.82) is 0 Å². The lowest BCUT2D eigenvalue weighted by Crippen LogP contribution is -2.58. The highest BCUT2D eigenvalue weighted by molar-refractivity contribution is 5.92. The van der Waals surface area contributed by atoms with E-state index in [4.69, 9.17) is 0 Å². The van der Waals surface area contributed by atoms with Gasteiger partial charge in [0.25, 0.3) is 0 Å². The Bertz CT molecular complexity index is 1090. The van der Waals surface area contributed by atoms with Crippen LogP contribution in [0.3, 0.4) is 0 Å². The number of aromatic nitrogens is 5. The maximum atomic E-state index is 12.3. The van der Waals surface area contributed by atoms with Gasteiger partial charge >= 0.3 is 6.03 Å². The van der Waals surface area contributed by atoms with E-state index >= 15 is 0 Å². The van der Waals surface area contributed by atoms with Crippen LogP contribution in [0.2, 0.25) is 0 Å². The highest BCUT2D eigenvalue weighted by Crippen LogP contribution is 2.21. The number of nitrogens with one attached hydrogen (secondary N) is 1. The molecule has 12 heteroatoms. The van der Waals surface area contributed by atoms with Crippen molar-refractivity contribution in [2.45, 2.75) is 52.5 Å². The number of hydrogen-bond donors (Lipinski definition) is 1. The van der Waals surface area contributed by atoms with Gasteiger partial charge in [0.2, 0.25) is 17.8 Å². The van der Waals surface area contributed by atoms with Crippen molar-refractivity contribution in [2.75, 3.05) is 43.4 Å². The fourth-order valence-electron chi connectivity index (χ4n) is 4.75. The highest BCUT2D eigenvalue weighted by atomic mass is 16.2. The monoisotopic (exact) mass is 482 g/mol. The third kappa shape index (κ3) is 5.26. The van der Waals surface area contributed by atoms with Gasteiger partial charge in [-0.2, -0.15) is 15.0 Å². The van der Waals surface area contributed by atoms with E-state index in [-0.39, 0.29) is 30.1 Å². The average Bonchev–Trinajstić information content (AvgIpc) is 3.39. The molecule has 4 heterocycles. The Morgan fingerprint density at radius 1 is 1.23 bits per heavy atom. The molecule has 3 amide bonds. The summed E-state index contributed by atoms with van der Waals surface area (Å²) in [7, 11) is 1.76. The second-order valence-corrected chi connectivity index (χ2v) is 9.37. The minimum Gasteiger partial charge on any atom is -0.346 e. The molecule has 0 aromatic carbocycles. The predicted octanol–water partition coefficient (Wildman–Crippen LogP) is 1.49. The molecular weight excluding hydrogens is 448 g/mol. The minimum atomic E-state index is -0.150. The number of rotatable bonds is 7. The molecule has 12 nitrogen and oxygen atoms in total. The van der Waals surface area contributed by atoms with Crippen LogP contribution in [0.1, 0.15) is 38.3 Å². The van der Waals surface area contributed by atoms with Crippen LogP contribution in [-0.4, -0.2) is 96.5 Å². The van der Waals surface area contributed by atoms with Crippen LogP contribution in [0.15, 0.2) is 25.2 Å². The number of aryl methyl sites for hydroxylation is 1. The fourth-order valence-corrected chi connectivity index (χ4v) is 4.75. The Morgan fingerprint density at radius 3 is 2.57 bits per heavy atom. The zero-order chi connectivity index (χ0) is 25.3. The van der Waals surface area contributed by atoms with Crippen LogP contribution >= 0.6 is 0 Å². The molecule has 4 rings (SSSR count). The molecule has 2 unspecified atom stereocenters. The van der Waals surface area contributed by atoms with E-state index < -0.39 is 0 Å². The molecule has 2 aliphatic rings. The molecule has 1 N–H and O–H groups in total. The molecule has 3 atom stereocenters. The van der Waals surface area contributed by atoms with Crippen LogP contribution < -0.4 is 10.2 Å². The van der Waals surface area contributed by atoms with E-state index in [1.54, 1.807) is 23.8 Å². The lowest BCUT2D eigenvalue weighted by Gasteiger charge is -2.44. The minimum absolute atomic E-state index is 0.0210.